The number of aliphatic hydroxyl groups is 2. The summed E-state index contributed by atoms with van der Waals surface area (Å²) in [6, 6.07) is 0. The van der Waals surface area contributed by atoms with E-state index in [1.165, 1.54) is 0 Å². The Kier molecular flexibility index (Phi) is 4.95. The number of rotatable bonds is 4. The highest BCUT2D eigenvalue weighted by Crippen LogP contribution is 1.91. The van der Waals surface area contributed by atoms with Gasteiger partial charge in [-0.05, 0) is 0 Å². The predicted octanol–water partition coefficient (Wildman–Crippen LogP) is -0.766. The molecule has 2 N–H and O–H groups in total. The fourth-order valence-corrected chi connectivity index (χ4v) is 0.399. The number of ether oxygens (including phenoxy) is 1. The molecule has 0 heterocycles. The molecule has 8 heavy (non-hydrogen) atoms. The first-order chi connectivity index (χ1) is 3.85. The van der Waals surface area contributed by atoms with Gasteiger partial charge in [0.1, 0.15) is 0 Å². The van der Waals surface area contributed by atoms with Gasteiger partial charge in [-0.2, -0.15) is 0 Å². The van der Waals surface area contributed by atoms with Gasteiger partial charge < -0.3 is 14.9 Å². The van der Waals surface area contributed by atoms with Gasteiger partial charge in [-0.3, -0.25) is 0 Å². The van der Waals surface area contributed by atoms with Gasteiger partial charge in [-0.15, -0.1) is 0 Å². The number of aliphatic hydroxyl groups excluding tert-OH is 2. The highest BCUT2D eigenvalue weighted by Gasteiger charge is 2.02. The average molecular weight is 120 g/mol. The molecule has 0 aromatic carbocycles. The highest BCUT2D eigenvalue weighted by molar-refractivity contribution is 4.50. The SMILES string of the molecule is COCC(CO)CO. The van der Waals surface area contributed by atoms with Gasteiger partial charge >= 0.3 is 0 Å². The van der Waals surface area contributed by atoms with Crippen molar-refractivity contribution in [3.05, 3.63) is 0 Å². The minimum absolute atomic E-state index is 0.00958. The summed E-state index contributed by atoms with van der Waals surface area (Å²) in [7, 11) is 1.54. The first-order valence-corrected chi connectivity index (χ1v) is 2.55. The maximum Gasteiger partial charge on any atom is 0.0534 e. The molecule has 3 nitrogen and oxygen atoms in total. The standard InChI is InChI=1S/C5H12O3/c1-8-4-5(2-6)3-7/h5-7H,2-4H2,1H3. The summed E-state index contributed by atoms with van der Waals surface area (Å²) in [6.07, 6.45) is 0. The van der Waals surface area contributed by atoms with Gasteiger partial charge in [0.15, 0.2) is 0 Å². The van der Waals surface area contributed by atoms with E-state index in [9.17, 15) is 0 Å². The molecule has 0 radical (unpaired) electrons. The second-order valence-corrected chi connectivity index (χ2v) is 1.69. The van der Waals surface area contributed by atoms with E-state index in [4.69, 9.17) is 10.2 Å². The molecule has 0 saturated heterocycles. The van der Waals surface area contributed by atoms with E-state index in [1.807, 2.05) is 0 Å². The minimum atomic E-state index is -0.111. The molecule has 3 heteroatoms. The van der Waals surface area contributed by atoms with Crippen LogP contribution < -0.4 is 0 Å². The Morgan fingerprint density at radius 3 is 2.00 bits per heavy atom. The van der Waals surface area contributed by atoms with Crippen LogP contribution in [0.25, 0.3) is 0 Å². The van der Waals surface area contributed by atoms with Gasteiger partial charge in [0, 0.05) is 13.0 Å². The van der Waals surface area contributed by atoms with Crippen LogP contribution in [-0.2, 0) is 4.74 Å². The Morgan fingerprint density at radius 1 is 1.38 bits per heavy atom. The van der Waals surface area contributed by atoms with E-state index >= 15 is 0 Å². The van der Waals surface area contributed by atoms with E-state index < -0.39 is 0 Å². The van der Waals surface area contributed by atoms with Crippen molar-refractivity contribution in [1.29, 1.82) is 0 Å². The summed E-state index contributed by atoms with van der Waals surface area (Å²) in [4.78, 5) is 0. The van der Waals surface area contributed by atoms with Crippen molar-refractivity contribution in [2.24, 2.45) is 5.92 Å². The maximum atomic E-state index is 8.42. The third kappa shape index (κ3) is 2.96. The Hall–Kier alpha value is -0.120. The second-order valence-electron chi connectivity index (χ2n) is 1.69. The molecular weight excluding hydrogens is 108 g/mol. The van der Waals surface area contributed by atoms with Crippen molar-refractivity contribution in [2.45, 2.75) is 0 Å². The molecule has 0 bridgehead atoms. The van der Waals surface area contributed by atoms with Gasteiger partial charge in [-0.1, -0.05) is 0 Å². The van der Waals surface area contributed by atoms with Crippen LogP contribution in [0, 0.1) is 5.92 Å². The molecule has 0 aliphatic heterocycles. The summed E-state index contributed by atoms with van der Waals surface area (Å²) >= 11 is 0. The number of hydrogen-bond acceptors (Lipinski definition) is 3. The molecular formula is C5H12O3. The van der Waals surface area contributed by atoms with E-state index in [-0.39, 0.29) is 19.1 Å². The molecule has 0 fully saturated rings. The molecule has 0 aromatic heterocycles. The molecule has 0 aromatic rings. The zero-order valence-electron chi connectivity index (χ0n) is 5.00. The number of hydrogen-bond donors (Lipinski definition) is 2. The third-order valence-corrected chi connectivity index (χ3v) is 0.919. The largest absolute Gasteiger partial charge is 0.396 e. The van der Waals surface area contributed by atoms with E-state index in [0.717, 1.165) is 0 Å². The summed E-state index contributed by atoms with van der Waals surface area (Å²) in [6.45, 7) is 0.404. The van der Waals surface area contributed by atoms with Crippen molar-refractivity contribution in [3.63, 3.8) is 0 Å². The van der Waals surface area contributed by atoms with Crippen LogP contribution in [-0.4, -0.2) is 37.1 Å². The summed E-state index contributed by atoms with van der Waals surface area (Å²) < 4.78 is 4.67. The highest BCUT2D eigenvalue weighted by atomic mass is 16.5. The van der Waals surface area contributed by atoms with Gasteiger partial charge in [0.2, 0.25) is 0 Å². The smallest absolute Gasteiger partial charge is 0.0534 e. The van der Waals surface area contributed by atoms with Gasteiger partial charge in [0.05, 0.1) is 19.8 Å². The molecule has 0 spiro atoms. The van der Waals surface area contributed by atoms with Crippen LogP contribution in [0.5, 0.6) is 0 Å². The zero-order valence-corrected chi connectivity index (χ0v) is 5.00. The Labute approximate surface area is 48.9 Å². The molecule has 0 unspecified atom stereocenters. The first-order valence-electron chi connectivity index (χ1n) is 2.55. The van der Waals surface area contributed by atoms with Crippen LogP contribution in [0.4, 0.5) is 0 Å². The monoisotopic (exact) mass is 120 g/mol. The molecule has 0 atom stereocenters. The minimum Gasteiger partial charge on any atom is -0.396 e. The van der Waals surface area contributed by atoms with Crippen molar-refractivity contribution < 1.29 is 14.9 Å². The first kappa shape index (κ1) is 7.88. The topological polar surface area (TPSA) is 49.7 Å². The van der Waals surface area contributed by atoms with E-state index in [1.54, 1.807) is 7.11 Å². The number of methoxy groups -OCH3 is 1. The summed E-state index contributed by atoms with van der Waals surface area (Å²) in [5.74, 6) is -0.111. The molecule has 0 rings (SSSR count). The lowest BCUT2D eigenvalue weighted by Gasteiger charge is -2.06. The Bertz CT molecular complexity index is 42.9. The van der Waals surface area contributed by atoms with Crippen LogP contribution in [0.3, 0.4) is 0 Å². The van der Waals surface area contributed by atoms with Crippen LogP contribution in [0.15, 0.2) is 0 Å². The van der Waals surface area contributed by atoms with Crippen LogP contribution >= 0.6 is 0 Å². The fourth-order valence-electron chi connectivity index (χ4n) is 0.399. The summed E-state index contributed by atoms with van der Waals surface area (Å²) in [5.41, 5.74) is 0. The van der Waals surface area contributed by atoms with Crippen LogP contribution in [0.2, 0.25) is 0 Å². The summed E-state index contributed by atoms with van der Waals surface area (Å²) in [5, 5.41) is 16.8. The van der Waals surface area contributed by atoms with Crippen molar-refractivity contribution in [1.82, 2.24) is 0 Å². The Balaban J connectivity index is 3.07. The lowest BCUT2D eigenvalue weighted by atomic mass is 10.2. The van der Waals surface area contributed by atoms with Gasteiger partial charge in [-0.25, -0.2) is 0 Å². The van der Waals surface area contributed by atoms with Crippen LogP contribution in [0.1, 0.15) is 0 Å². The lowest BCUT2D eigenvalue weighted by Crippen LogP contribution is -2.16. The van der Waals surface area contributed by atoms with Crippen molar-refractivity contribution >= 4 is 0 Å². The van der Waals surface area contributed by atoms with Gasteiger partial charge in [0.25, 0.3) is 0 Å². The normalized spacial score (nSPS) is 10.5. The van der Waals surface area contributed by atoms with Crippen molar-refractivity contribution in [3.8, 4) is 0 Å². The molecule has 0 saturated carbocycles. The quantitative estimate of drug-likeness (QED) is 0.512. The van der Waals surface area contributed by atoms with E-state index in [2.05, 4.69) is 4.74 Å². The fraction of sp³-hybridized carbons (Fsp3) is 1.00. The molecule has 0 amide bonds. The predicted molar refractivity (Wildman–Crippen MR) is 29.5 cm³/mol. The van der Waals surface area contributed by atoms with E-state index in [0.29, 0.717) is 6.61 Å². The molecule has 50 valence electrons. The second kappa shape index (κ2) is 5.03. The molecule has 0 aliphatic rings. The lowest BCUT2D eigenvalue weighted by molar-refractivity contribution is 0.0710. The van der Waals surface area contributed by atoms with Crippen molar-refractivity contribution in [2.75, 3.05) is 26.9 Å². The maximum absolute atomic E-state index is 8.42. The Morgan fingerprint density at radius 2 is 1.88 bits per heavy atom. The zero-order chi connectivity index (χ0) is 6.41. The average Bonchev–Trinajstić information content (AvgIpc) is 1.83. The third-order valence-electron chi connectivity index (χ3n) is 0.919. The molecule has 0 aliphatic carbocycles.